The summed E-state index contributed by atoms with van der Waals surface area (Å²) in [6.45, 7) is 4.93. The predicted octanol–water partition coefficient (Wildman–Crippen LogP) is 3.74. The molecule has 0 saturated carbocycles. The SMILES string of the molecule is CCC1(C)C2=C(c3cc4c(c(C)c3N1C(=O)On1c(O)ccc1O)CC(N)=C4)C1(SC(C(=O)O)=C(C(=O)O)S1)C(C(=O)O)=C(C(=O)O)S2. The molecule has 1 aromatic carbocycles. The van der Waals surface area contributed by atoms with Gasteiger partial charge in [0.15, 0.2) is 0 Å². The molecule has 1 aliphatic carbocycles. The molecule has 1 unspecified atom stereocenters. The van der Waals surface area contributed by atoms with Crippen LogP contribution in [0, 0.1) is 6.92 Å². The number of rotatable bonds is 6. The van der Waals surface area contributed by atoms with Crippen LogP contribution < -0.4 is 15.5 Å². The second-order valence-electron chi connectivity index (χ2n) is 11.2. The van der Waals surface area contributed by atoms with Gasteiger partial charge in [-0.2, -0.15) is 0 Å². The second kappa shape index (κ2) is 11.1. The first-order chi connectivity index (χ1) is 22.5. The minimum atomic E-state index is -2.17. The Labute approximate surface area is 283 Å². The van der Waals surface area contributed by atoms with Crippen LogP contribution in [0.2, 0.25) is 0 Å². The number of carbonyl (C=O) groups is 5. The van der Waals surface area contributed by atoms with Crippen LogP contribution in [0.3, 0.4) is 0 Å². The van der Waals surface area contributed by atoms with E-state index >= 15 is 0 Å². The van der Waals surface area contributed by atoms with Crippen molar-refractivity contribution >= 4 is 82.6 Å². The third-order valence-electron chi connectivity index (χ3n) is 8.56. The highest BCUT2D eigenvalue weighted by Gasteiger charge is 2.62. The van der Waals surface area contributed by atoms with Gasteiger partial charge in [0, 0.05) is 40.3 Å². The number of anilines is 1. The fraction of sp³-hybridized carbons (Fsp3) is 0.233. The first-order valence-electron chi connectivity index (χ1n) is 14.0. The standard InChI is InChI=1S/C30H25N3O12S3/c1-4-29(3)23-17(30(18(24(36)37)20(46-23)25(38)39)47-21(26(40)41)22(48-30)27(42)43)14-8-11-7-12(31)9-13(11)10(2)19(14)32(29)28(44)45-33-15(34)5-6-16(33)35/h5-8,34-35H,4,9,31H2,1-3H3,(H,36,37)(H,38,39)(H,40,41)(H,42,43). The third-order valence-corrected chi connectivity index (χ3v) is 13.2. The zero-order valence-corrected chi connectivity index (χ0v) is 27.5. The Bertz CT molecular complexity index is 2010. The van der Waals surface area contributed by atoms with Crippen LogP contribution in [0.25, 0.3) is 11.6 Å². The summed E-state index contributed by atoms with van der Waals surface area (Å²) >= 11 is 1.35. The summed E-state index contributed by atoms with van der Waals surface area (Å²) in [4.78, 5) is 69.7. The van der Waals surface area contributed by atoms with Gasteiger partial charge in [0.25, 0.3) is 0 Å². The third kappa shape index (κ3) is 4.50. The number of aromatic hydroxyl groups is 2. The smallest absolute Gasteiger partial charge is 0.440 e. The van der Waals surface area contributed by atoms with Crippen molar-refractivity contribution in [1.29, 1.82) is 0 Å². The van der Waals surface area contributed by atoms with Crippen LogP contribution >= 0.6 is 35.3 Å². The number of hydrogen-bond acceptors (Lipinski definition) is 12. The number of aliphatic carboxylic acids is 4. The molecule has 0 saturated heterocycles. The molecule has 1 spiro atoms. The molecule has 1 aromatic heterocycles. The summed E-state index contributed by atoms with van der Waals surface area (Å²) in [5, 5.41) is 61.6. The summed E-state index contributed by atoms with van der Waals surface area (Å²) in [6.07, 6.45) is 0.871. The van der Waals surface area contributed by atoms with Gasteiger partial charge in [-0.3, -0.25) is 4.90 Å². The van der Waals surface area contributed by atoms with Crippen molar-refractivity contribution in [1.82, 2.24) is 4.73 Å². The monoisotopic (exact) mass is 715 g/mol. The summed E-state index contributed by atoms with van der Waals surface area (Å²) in [5.74, 6) is -7.93. The van der Waals surface area contributed by atoms with Crippen molar-refractivity contribution in [3.63, 3.8) is 0 Å². The van der Waals surface area contributed by atoms with Crippen LogP contribution in [-0.2, 0) is 25.6 Å². The molecule has 4 aliphatic rings. The van der Waals surface area contributed by atoms with E-state index in [0.717, 1.165) is 12.1 Å². The normalized spacial score (nSPS) is 20.8. The number of fused-ring (bicyclic) bond motifs is 4. The van der Waals surface area contributed by atoms with Crippen molar-refractivity contribution in [2.45, 2.75) is 43.2 Å². The molecule has 250 valence electrons. The number of thioether (sulfide) groups is 3. The van der Waals surface area contributed by atoms with Gasteiger partial charge in [0.2, 0.25) is 11.8 Å². The highest BCUT2D eigenvalue weighted by molar-refractivity contribution is 8.26. The number of allylic oxidation sites excluding steroid dienone is 1. The molecule has 18 heteroatoms. The summed E-state index contributed by atoms with van der Waals surface area (Å²) in [7, 11) is 0. The van der Waals surface area contributed by atoms with Crippen LogP contribution in [0.5, 0.6) is 11.8 Å². The van der Waals surface area contributed by atoms with Crippen LogP contribution in [0.1, 0.15) is 42.5 Å². The van der Waals surface area contributed by atoms with Crippen molar-refractivity contribution in [3.8, 4) is 11.8 Å². The number of carbonyl (C=O) groups excluding carboxylic acids is 1. The topological polar surface area (TPSA) is 250 Å². The number of nitrogens with two attached hydrogens (primary N) is 1. The molecule has 4 heterocycles. The maximum absolute atomic E-state index is 14.3. The van der Waals surface area contributed by atoms with Gasteiger partial charge in [0.05, 0.1) is 16.8 Å². The lowest BCUT2D eigenvalue weighted by Crippen LogP contribution is -2.57. The maximum atomic E-state index is 14.3. The van der Waals surface area contributed by atoms with Crippen molar-refractivity contribution in [2.24, 2.45) is 5.73 Å². The Morgan fingerprint density at radius 2 is 1.50 bits per heavy atom. The number of carboxylic acid groups (broad SMARTS) is 4. The highest BCUT2D eigenvalue weighted by atomic mass is 32.2. The van der Waals surface area contributed by atoms with Gasteiger partial charge >= 0.3 is 30.0 Å². The molecule has 0 bridgehead atoms. The Hall–Kier alpha value is -4.94. The first kappa shape index (κ1) is 33.0. The maximum Gasteiger partial charge on any atom is 0.440 e. The van der Waals surface area contributed by atoms with Crippen LogP contribution in [-0.4, -0.2) is 75.0 Å². The number of nitrogens with zero attached hydrogens (tertiary/aromatic N) is 2. The van der Waals surface area contributed by atoms with E-state index < -0.39 is 71.6 Å². The molecule has 0 radical (unpaired) electrons. The molecule has 6 rings (SSSR count). The molecular formula is C30H25N3O12S3. The van der Waals surface area contributed by atoms with E-state index in [1.807, 2.05) is 0 Å². The van der Waals surface area contributed by atoms with Crippen LogP contribution in [0.15, 0.2) is 49.1 Å². The van der Waals surface area contributed by atoms with Gasteiger partial charge in [-0.05, 0) is 49.1 Å². The zero-order valence-electron chi connectivity index (χ0n) is 25.1. The quantitative estimate of drug-likeness (QED) is 0.225. The second-order valence-corrected chi connectivity index (χ2v) is 15.0. The average molecular weight is 716 g/mol. The number of aromatic nitrogens is 1. The van der Waals surface area contributed by atoms with Crippen LogP contribution in [0.4, 0.5) is 10.5 Å². The summed E-state index contributed by atoms with van der Waals surface area (Å²) in [6, 6.07) is 3.78. The van der Waals surface area contributed by atoms with E-state index in [0.29, 0.717) is 62.4 Å². The van der Waals surface area contributed by atoms with Gasteiger partial charge in [-0.1, -0.05) is 42.2 Å². The van der Waals surface area contributed by atoms with Gasteiger partial charge < -0.3 is 41.2 Å². The molecule has 8 N–H and O–H groups in total. The van der Waals surface area contributed by atoms with E-state index in [1.54, 1.807) is 32.9 Å². The van der Waals surface area contributed by atoms with Crippen molar-refractivity contribution in [3.05, 3.63) is 71.3 Å². The summed E-state index contributed by atoms with van der Waals surface area (Å²) in [5.41, 5.74) is 6.58. The minimum Gasteiger partial charge on any atom is -0.492 e. The highest BCUT2D eigenvalue weighted by Crippen LogP contribution is 2.71. The Balaban J connectivity index is 1.73. The van der Waals surface area contributed by atoms with E-state index in [1.165, 1.54) is 4.90 Å². The summed E-state index contributed by atoms with van der Waals surface area (Å²) < 4.78 is -1.69. The fourth-order valence-corrected chi connectivity index (χ4v) is 11.3. The lowest BCUT2D eigenvalue weighted by atomic mass is 9.79. The Morgan fingerprint density at radius 3 is 2.00 bits per heavy atom. The molecule has 15 nitrogen and oxygen atoms in total. The lowest BCUT2D eigenvalue weighted by molar-refractivity contribution is -0.135. The van der Waals surface area contributed by atoms with Crippen molar-refractivity contribution in [2.75, 3.05) is 4.90 Å². The fourth-order valence-electron chi connectivity index (χ4n) is 6.33. The predicted molar refractivity (Wildman–Crippen MR) is 175 cm³/mol. The molecule has 1 atom stereocenters. The van der Waals surface area contributed by atoms with E-state index in [9.17, 15) is 54.6 Å². The van der Waals surface area contributed by atoms with E-state index in [2.05, 4.69) is 0 Å². The lowest BCUT2D eigenvalue weighted by Gasteiger charge is -2.51. The molecule has 3 aliphatic heterocycles. The van der Waals surface area contributed by atoms with Crippen molar-refractivity contribution < 1.29 is 59.4 Å². The first-order valence-corrected chi connectivity index (χ1v) is 16.4. The molecular weight excluding hydrogens is 691 g/mol. The number of carboxylic acids is 4. The minimum absolute atomic E-state index is 0.0413. The number of amides is 1. The van der Waals surface area contributed by atoms with Gasteiger partial charge in [-0.15, -0.1) is 4.73 Å². The molecule has 0 fully saturated rings. The van der Waals surface area contributed by atoms with Gasteiger partial charge in [0.1, 0.15) is 18.8 Å². The van der Waals surface area contributed by atoms with Gasteiger partial charge in [-0.25, -0.2) is 24.0 Å². The Kier molecular flexibility index (Phi) is 7.60. The Morgan fingerprint density at radius 1 is 0.938 bits per heavy atom. The van der Waals surface area contributed by atoms with E-state index in [4.69, 9.17) is 10.6 Å². The molecule has 2 aromatic rings. The molecule has 48 heavy (non-hydrogen) atoms. The number of hydrogen-bond donors (Lipinski definition) is 7. The van der Waals surface area contributed by atoms with E-state index in [-0.39, 0.29) is 34.6 Å². The average Bonchev–Trinajstić information content (AvgIpc) is 3.68. The largest absolute Gasteiger partial charge is 0.492 e. The molecule has 1 amide bonds. The number of benzene rings is 1. The zero-order chi connectivity index (χ0) is 35.2.